The van der Waals surface area contributed by atoms with E-state index in [9.17, 15) is 0 Å². The van der Waals surface area contributed by atoms with Gasteiger partial charge in [-0.3, -0.25) is 0 Å². The van der Waals surface area contributed by atoms with Crippen molar-refractivity contribution in [3.63, 3.8) is 0 Å². The van der Waals surface area contributed by atoms with Crippen molar-refractivity contribution in [3.8, 4) is 0 Å². The van der Waals surface area contributed by atoms with Crippen LogP contribution in [0.2, 0.25) is 0 Å². The molecule has 0 aliphatic heterocycles. The predicted octanol–water partition coefficient (Wildman–Crippen LogP) is 5.40. The molecule has 1 rings (SSSR count). The summed E-state index contributed by atoms with van der Waals surface area (Å²) in [6.45, 7) is 5.90. The Morgan fingerprint density at radius 1 is 0.842 bits per heavy atom. The van der Waals surface area contributed by atoms with E-state index in [4.69, 9.17) is 0 Å². The number of hydrogen-bond donors (Lipinski definition) is 1. The van der Waals surface area contributed by atoms with Gasteiger partial charge in [-0.1, -0.05) is 71.6 Å². The third-order valence-corrected chi connectivity index (χ3v) is 5.09. The Balaban J connectivity index is 2.29. The summed E-state index contributed by atoms with van der Waals surface area (Å²) in [7, 11) is 2.12. The number of rotatable bonds is 10. The van der Waals surface area contributed by atoms with Gasteiger partial charge in [-0.2, -0.15) is 0 Å². The van der Waals surface area contributed by atoms with E-state index in [1.165, 1.54) is 77.2 Å². The summed E-state index contributed by atoms with van der Waals surface area (Å²) in [4.78, 5) is 0. The standard InChI is InChI=1S/C18H37N/c1-4-6-7-8-9-11-17-14-16(10-5-2)12-13-18(17)15-19-3/h16-19H,4-15H2,1-3H3. The maximum atomic E-state index is 3.42. The van der Waals surface area contributed by atoms with E-state index in [0.717, 1.165) is 17.8 Å². The molecule has 1 fully saturated rings. The largest absolute Gasteiger partial charge is 0.319 e. The van der Waals surface area contributed by atoms with Gasteiger partial charge in [-0.25, -0.2) is 0 Å². The van der Waals surface area contributed by atoms with Gasteiger partial charge in [0, 0.05) is 0 Å². The average Bonchev–Trinajstić information content (AvgIpc) is 2.42. The predicted molar refractivity (Wildman–Crippen MR) is 86.5 cm³/mol. The topological polar surface area (TPSA) is 12.0 Å². The van der Waals surface area contributed by atoms with Crippen molar-refractivity contribution >= 4 is 0 Å². The Hall–Kier alpha value is -0.0400. The van der Waals surface area contributed by atoms with E-state index in [2.05, 4.69) is 26.2 Å². The quantitative estimate of drug-likeness (QED) is 0.523. The lowest BCUT2D eigenvalue weighted by Crippen LogP contribution is -2.31. The maximum absolute atomic E-state index is 3.42. The average molecular weight is 268 g/mol. The molecule has 0 spiro atoms. The summed E-state index contributed by atoms with van der Waals surface area (Å²) in [5.74, 6) is 3.02. The highest BCUT2D eigenvalue weighted by atomic mass is 14.8. The van der Waals surface area contributed by atoms with Gasteiger partial charge >= 0.3 is 0 Å². The molecule has 3 unspecified atom stereocenters. The number of nitrogens with one attached hydrogen (secondary N) is 1. The molecule has 1 nitrogen and oxygen atoms in total. The Kier molecular flexibility index (Phi) is 9.59. The van der Waals surface area contributed by atoms with Gasteiger partial charge in [0.15, 0.2) is 0 Å². The molecule has 19 heavy (non-hydrogen) atoms. The Labute approximate surface area is 121 Å². The smallest absolute Gasteiger partial charge is 0.00209 e. The third-order valence-electron chi connectivity index (χ3n) is 5.09. The monoisotopic (exact) mass is 267 g/mol. The Bertz CT molecular complexity index is 202. The van der Waals surface area contributed by atoms with Crippen LogP contribution in [0.4, 0.5) is 0 Å². The first-order valence-electron chi connectivity index (χ1n) is 8.96. The van der Waals surface area contributed by atoms with Gasteiger partial charge in [-0.15, -0.1) is 0 Å². The first kappa shape index (κ1) is 17.0. The summed E-state index contributed by atoms with van der Waals surface area (Å²) in [6, 6.07) is 0. The fraction of sp³-hybridized carbons (Fsp3) is 1.00. The summed E-state index contributed by atoms with van der Waals surface area (Å²) in [6.07, 6.45) is 16.0. The Morgan fingerprint density at radius 2 is 1.63 bits per heavy atom. The Morgan fingerprint density at radius 3 is 2.32 bits per heavy atom. The van der Waals surface area contributed by atoms with Crippen LogP contribution in [-0.4, -0.2) is 13.6 Å². The zero-order chi connectivity index (χ0) is 13.9. The molecule has 1 saturated carbocycles. The van der Waals surface area contributed by atoms with E-state index < -0.39 is 0 Å². The van der Waals surface area contributed by atoms with Crippen molar-refractivity contribution in [2.24, 2.45) is 17.8 Å². The summed E-state index contributed by atoms with van der Waals surface area (Å²) >= 11 is 0. The molecule has 1 aliphatic carbocycles. The van der Waals surface area contributed by atoms with Crippen molar-refractivity contribution in [2.45, 2.75) is 84.5 Å². The minimum Gasteiger partial charge on any atom is -0.319 e. The normalized spacial score (nSPS) is 27.6. The van der Waals surface area contributed by atoms with Gasteiger partial charge in [0.25, 0.3) is 0 Å². The van der Waals surface area contributed by atoms with Crippen molar-refractivity contribution < 1.29 is 0 Å². The molecule has 0 aromatic heterocycles. The molecular formula is C18H37N. The van der Waals surface area contributed by atoms with Crippen molar-refractivity contribution in [1.82, 2.24) is 5.32 Å². The van der Waals surface area contributed by atoms with Gasteiger partial charge in [0.1, 0.15) is 0 Å². The highest BCUT2D eigenvalue weighted by Crippen LogP contribution is 2.38. The lowest BCUT2D eigenvalue weighted by molar-refractivity contribution is 0.158. The molecule has 0 amide bonds. The molecule has 0 aromatic rings. The molecule has 0 heterocycles. The molecule has 3 atom stereocenters. The molecule has 1 heteroatoms. The van der Waals surface area contributed by atoms with Crippen LogP contribution >= 0.6 is 0 Å². The van der Waals surface area contributed by atoms with Crippen LogP contribution in [0.3, 0.4) is 0 Å². The minimum atomic E-state index is 0.962. The van der Waals surface area contributed by atoms with Gasteiger partial charge in [0.05, 0.1) is 0 Å². The highest BCUT2D eigenvalue weighted by molar-refractivity contribution is 4.81. The second kappa shape index (κ2) is 10.7. The molecule has 0 bridgehead atoms. The van der Waals surface area contributed by atoms with Gasteiger partial charge in [0.2, 0.25) is 0 Å². The molecule has 114 valence electrons. The van der Waals surface area contributed by atoms with Crippen LogP contribution in [-0.2, 0) is 0 Å². The second-order valence-corrected chi connectivity index (χ2v) is 6.75. The molecule has 1 aliphatic rings. The molecule has 0 radical (unpaired) electrons. The van der Waals surface area contributed by atoms with Crippen LogP contribution in [0.25, 0.3) is 0 Å². The van der Waals surface area contributed by atoms with E-state index in [-0.39, 0.29) is 0 Å². The van der Waals surface area contributed by atoms with Gasteiger partial charge < -0.3 is 5.32 Å². The van der Waals surface area contributed by atoms with E-state index in [1.807, 2.05) is 0 Å². The third kappa shape index (κ3) is 6.79. The molecular weight excluding hydrogens is 230 g/mol. The highest BCUT2D eigenvalue weighted by Gasteiger charge is 2.28. The lowest BCUT2D eigenvalue weighted by atomic mass is 9.71. The van der Waals surface area contributed by atoms with Crippen molar-refractivity contribution in [1.29, 1.82) is 0 Å². The van der Waals surface area contributed by atoms with Crippen LogP contribution in [0, 0.1) is 17.8 Å². The summed E-state index contributed by atoms with van der Waals surface area (Å²) in [5.41, 5.74) is 0. The first-order valence-corrected chi connectivity index (χ1v) is 8.96. The maximum Gasteiger partial charge on any atom is -0.00209 e. The summed E-state index contributed by atoms with van der Waals surface area (Å²) in [5, 5.41) is 3.42. The minimum absolute atomic E-state index is 0.962. The van der Waals surface area contributed by atoms with Gasteiger partial charge in [-0.05, 0) is 44.2 Å². The van der Waals surface area contributed by atoms with Crippen molar-refractivity contribution in [2.75, 3.05) is 13.6 Å². The van der Waals surface area contributed by atoms with Crippen LogP contribution in [0.15, 0.2) is 0 Å². The zero-order valence-corrected chi connectivity index (χ0v) is 13.7. The van der Waals surface area contributed by atoms with E-state index in [0.29, 0.717) is 0 Å². The zero-order valence-electron chi connectivity index (χ0n) is 13.7. The van der Waals surface area contributed by atoms with E-state index >= 15 is 0 Å². The number of unbranched alkanes of at least 4 members (excludes halogenated alkanes) is 4. The summed E-state index contributed by atoms with van der Waals surface area (Å²) < 4.78 is 0. The first-order chi connectivity index (χ1) is 9.31. The van der Waals surface area contributed by atoms with Crippen LogP contribution in [0.1, 0.15) is 84.5 Å². The molecule has 1 N–H and O–H groups in total. The second-order valence-electron chi connectivity index (χ2n) is 6.75. The fourth-order valence-electron chi connectivity index (χ4n) is 3.99. The SMILES string of the molecule is CCCCCCCC1CC(CCC)CCC1CNC. The molecule has 0 saturated heterocycles. The van der Waals surface area contributed by atoms with E-state index in [1.54, 1.807) is 0 Å². The van der Waals surface area contributed by atoms with Crippen LogP contribution < -0.4 is 5.32 Å². The lowest BCUT2D eigenvalue weighted by Gasteiger charge is -2.36. The fourth-order valence-corrected chi connectivity index (χ4v) is 3.99. The molecule has 0 aromatic carbocycles. The number of hydrogen-bond acceptors (Lipinski definition) is 1. The van der Waals surface area contributed by atoms with Crippen molar-refractivity contribution in [3.05, 3.63) is 0 Å². The van der Waals surface area contributed by atoms with Crippen LogP contribution in [0.5, 0.6) is 0 Å².